The van der Waals surface area contributed by atoms with Crippen LogP contribution in [0.2, 0.25) is 10.0 Å². The van der Waals surface area contributed by atoms with E-state index in [1.54, 1.807) is 28.8 Å². The highest BCUT2D eigenvalue weighted by atomic mass is 35.5. The molecule has 0 spiro atoms. The van der Waals surface area contributed by atoms with Crippen molar-refractivity contribution in [1.82, 2.24) is 14.9 Å². The van der Waals surface area contributed by atoms with Crippen LogP contribution in [0.15, 0.2) is 46.4 Å². The molecular formula is C24H24Cl2FN5O2. The summed E-state index contributed by atoms with van der Waals surface area (Å²) in [5, 5.41) is 4.77. The Morgan fingerprint density at radius 3 is 2.50 bits per heavy atom. The lowest BCUT2D eigenvalue weighted by molar-refractivity contribution is 0.0953. The number of carbonyl (C=O) groups is 1. The molecule has 1 fully saturated rings. The molecule has 3 aromatic rings. The minimum Gasteiger partial charge on any atom is -0.367 e. The summed E-state index contributed by atoms with van der Waals surface area (Å²) < 4.78 is 16.8. The van der Waals surface area contributed by atoms with Crippen molar-refractivity contribution in [3.05, 3.63) is 73.7 Å². The molecule has 2 aromatic carbocycles. The van der Waals surface area contributed by atoms with Gasteiger partial charge in [0.05, 0.1) is 27.5 Å². The number of amides is 1. The summed E-state index contributed by atoms with van der Waals surface area (Å²) in [4.78, 5) is 30.0. The maximum Gasteiger partial charge on any atom is 0.276 e. The molecule has 178 valence electrons. The van der Waals surface area contributed by atoms with Gasteiger partial charge in [-0.3, -0.25) is 9.59 Å². The van der Waals surface area contributed by atoms with Gasteiger partial charge in [-0.25, -0.2) is 9.82 Å². The van der Waals surface area contributed by atoms with Gasteiger partial charge in [0.1, 0.15) is 11.4 Å². The van der Waals surface area contributed by atoms with Gasteiger partial charge in [0.15, 0.2) is 0 Å². The van der Waals surface area contributed by atoms with Crippen LogP contribution in [0.1, 0.15) is 22.8 Å². The Labute approximate surface area is 206 Å². The predicted molar refractivity (Wildman–Crippen MR) is 135 cm³/mol. The maximum absolute atomic E-state index is 15.1. The van der Waals surface area contributed by atoms with Gasteiger partial charge in [-0.15, -0.1) is 0 Å². The van der Waals surface area contributed by atoms with E-state index in [4.69, 9.17) is 23.2 Å². The average Bonchev–Trinajstić information content (AvgIpc) is 2.82. The van der Waals surface area contributed by atoms with Crippen LogP contribution in [0, 0.1) is 5.82 Å². The molecule has 0 atom stereocenters. The van der Waals surface area contributed by atoms with E-state index in [9.17, 15) is 9.59 Å². The van der Waals surface area contributed by atoms with Gasteiger partial charge in [-0.1, -0.05) is 29.3 Å². The fourth-order valence-corrected chi connectivity index (χ4v) is 4.46. The summed E-state index contributed by atoms with van der Waals surface area (Å²) in [5.74, 6) is -1.20. The van der Waals surface area contributed by atoms with Gasteiger partial charge < -0.3 is 14.4 Å². The lowest BCUT2D eigenvalue weighted by Crippen LogP contribution is -2.44. The molecule has 1 saturated heterocycles. The summed E-state index contributed by atoms with van der Waals surface area (Å²) in [7, 11) is 2.03. The van der Waals surface area contributed by atoms with Gasteiger partial charge in [0.2, 0.25) is 5.43 Å². The van der Waals surface area contributed by atoms with Gasteiger partial charge in [-0.05, 0) is 38.2 Å². The molecule has 34 heavy (non-hydrogen) atoms. The van der Waals surface area contributed by atoms with Gasteiger partial charge >= 0.3 is 0 Å². The van der Waals surface area contributed by atoms with E-state index < -0.39 is 17.2 Å². The topological polar surface area (TPSA) is 69.9 Å². The van der Waals surface area contributed by atoms with Gasteiger partial charge in [0, 0.05) is 49.9 Å². The van der Waals surface area contributed by atoms with Crippen LogP contribution >= 0.6 is 23.2 Å². The van der Waals surface area contributed by atoms with Crippen LogP contribution in [0.25, 0.3) is 10.9 Å². The molecule has 0 bridgehead atoms. The highest BCUT2D eigenvalue weighted by Gasteiger charge is 2.21. The SMILES string of the molecule is CCn1cc(C(=O)N/N=C\c2c(Cl)cccc2Cl)c(=O)c2cc(F)c(N3CCN(C)CC3)cc21. The molecule has 0 saturated carbocycles. The molecule has 0 unspecified atom stereocenters. The maximum atomic E-state index is 15.1. The average molecular weight is 504 g/mol. The van der Waals surface area contributed by atoms with E-state index in [1.807, 2.05) is 18.9 Å². The van der Waals surface area contributed by atoms with E-state index >= 15 is 4.39 Å². The predicted octanol–water partition coefficient (Wildman–Crippen LogP) is 3.98. The minimum atomic E-state index is -0.711. The molecular weight excluding hydrogens is 480 g/mol. The van der Waals surface area contributed by atoms with Gasteiger partial charge in [-0.2, -0.15) is 5.10 Å². The second-order valence-corrected chi connectivity index (χ2v) is 8.92. The molecule has 10 heteroatoms. The number of fused-ring (bicyclic) bond motifs is 1. The lowest BCUT2D eigenvalue weighted by atomic mass is 10.1. The lowest BCUT2D eigenvalue weighted by Gasteiger charge is -2.34. The van der Waals surface area contributed by atoms with Crippen molar-refractivity contribution in [2.24, 2.45) is 5.10 Å². The number of likely N-dealkylation sites (N-methyl/N-ethyl adjacent to an activating group) is 1. The molecule has 7 nitrogen and oxygen atoms in total. The van der Waals surface area contributed by atoms with Crippen LogP contribution in [-0.4, -0.2) is 54.8 Å². The number of aryl methyl sites for hydroxylation is 1. The van der Waals surface area contributed by atoms with Crippen LogP contribution in [0.3, 0.4) is 0 Å². The quantitative estimate of drug-likeness (QED) is 0.422. The van der Waals surface area contributed by atoms with E-state index in [1.165, 1.54) is 18.5 Å². The first kappa shape index (κ1) is 24.2. The Balaban J connectivity index is 1.67. The third-order valence-electron chi connectivity index (χ3n) is 5.94. The number of pyridine rings is 1. The number of aromatic nitrogens is 1. The Kier molecular flexibility index (Phi) is 7.21. The number of hydrazone groups is 1. The van der Waals surface area contributed by atoms with Crippen molar-refractivity contribution in [3.8, 4) is 0 Å². The number of hydrogen-bond acceptors (Lipinski definition) is 5. The molecule has 1 aromatic heterocycles. The molecule has 0 radical (unpaired) electrons. The van der Waals surface area contributed by atoms with Crippen LogP contribution in [0.4, 0.5) is 10.1 Å². The van der Waals surface area contributed by atoms with E-state index in [2.05, 4.69) is 15.4 Å². The second kappa shape index (κ2) is 10.1. The summed E-state index contributed by atoms with van der Waals surface area (Å²) in [5.41, 5.74) is 3.11. The first-order chi connectivity index (χ1) is 16.3. The number of nitrogens with one attached hydrogen (secondary N) is 1. The Morgan fingerprint density at radius 2 is 1.85 bits per heavy atom. The largest absolute Gasteiger partial charge is 0.367 e. The zero-order valence-corrected chi connectivity index (χ0v) is 20.3. The van der Waals surface area contributed by atoms with Crippen molar-refractivity contribution < 1.29 is 9.18 Å². The zero-order valence-electron chi connectivity index (χ0n) is 18.8. The highest BCUT2D eigenvalue weighted by molar-refractivity contribution is 6.38. The standard InChI is InChI=1S/C24H24Cl2FN5O2/c1-3-31-14-17(24(34)29-28-13-16-18(25)5-4-6-19(16)26)23(33)15-11-20(27)22(12-21(15)31)32-9-7-30(2)8-10-32/h4-6,11-14H,3,7-10H2,1-2H3,(H,29,34)/b28-13-. The first-order valence-electron chi connectivity index (χ1n) is 10.9. The normalized spacial score (nSPS) is 14.8. The molecule has 0 aliphatic carbocycles. The summed E-state index contributed by atoms with van der Waals surface area (Å²) in [6, 6.07) is 7.90. The van der Waals surface area contributed by atoms with E-state index in [-0.39, 0.29) is 10.9 Å². The number of carbonyl (C=O) groups excluding carboxylic acids is 1. The third-order valence-corrected chi connectivity index (χ3v) is 6.60. The molecule has 2 heterocycles. The number of halogens is 3. The van der Waals surface area contributed by atoms with Crippen LogP contribution in [-0.2, 0) is 6.54 Å². The van der Waals surface area contributed by atoms with Crippen molar-refractivity contribution in [2.75, 3.05) is 38.1 Å². The number of anilines is 1. The molecule has 1 N–H and O–H groups in total. The van der Waals surface area contributed by atoms with E-state index in [0.29, 0.717) is 46.4 Å². The number of hydrogen-bond donors (Lipinski definition) is 1. The first-order valence-corrected chi connectivity index (χ1v) is 11.6. The van der Waals surface area contributed by atoms with Gasteiger partial charge in [0.25, 0.3) is 5.91 Å². The van der Waals surface area contributed by atoms with Crippen molar-refractivity contribution >= 4 is 51.9 Å². The number of benzene rings is 2. The molecule has 1 aliphatic rings. The smallest absolute Gasteiger partial charge is 0.276 e. The Bertz CT molecular complexity index is 1310. The molecule has 1 aliphatic heterocycles. The Morgan fingerprint density at radius 1 is 1.18 bits per heavy atom. The van der Waals surface area contributed by atoms with Crippen LogP contribution < -0.4 is 15.8 Å². The van der Waals surface area contributed by atoms with E-state index in [0.717, 1.165) is 13.1 Å². The summed E-state index contributed by atoms with van der Waals surface area (Å²) in [6.45, 7) is 5.44. The van der Waals surface area contributed by atoms with Crippen molar-refractivity contribution in [1.29, 1.82) is 0 Å². The van der Waals surface area contributed by atoms with Crippen molar-refractivity contribution in [2.45, 2.75) is 13.5 Å². The summed E-state index contributed by atoms with van der Waals surface area (Å²) in [6.07, 6.45) is 2.79. The number of nitrogens with zero attached hydrogens (tertiary/aromatic N) is 4. The zero-order chi connectivity index (χ0) is 24.4. The highest BCUT2D eigenvalue weighted by Crippen LogP contribution is 2.26. The molecule has 4 rings (SSSR count). The van der Waals surface area contributed by atoms with Crippen LogP contribution in [0.5, 0.6) is 0 Å². The monoisotopic (exact) mass is 503 g/mol. The summed E-state index contributed by atoms with van der Waals surface area (Å²) >= 11 is 12.2. The number of piperazine rings is 1. The number of rotatable bonds is 5. The fourth-order valence-electron chi connectivity index (χ4n) is 3.96. The third kappa shape index (κ3) is 4.80. The Hall–Kier alpha value is -2.94. The fraction of sp³-hybridized carbons (Fsp3) is 0.292. The second-order valence-electron chi connectivity index (χ2n) is 8.10. The minimum absolute atomic E-state index is 0.136. The molecule has 1 amide bonds. The van der Waals surface area contributed by atoms with Crippen molar-refractivity contribution in [3.63, 3.8) is 0 Å².